The van der Waals surface area contributed by atoms with Crippen molar-refractivity contribution in [2.45, 2.75) is 25.8 Å². The summed E-state index contributed by atoms with van der Waals surface area (Å²) >= 11 is 0. The SMILES string of the molecule is Cl.Cl.O=C(NCCCN1CCNCC1)C1CCCN(Cc2cccc(F)c2)C1. The zero-order valence-electron chi connectivity index (χ0n) is 16.4. The third kappa shape index (κ3) is 8.21. The summed E-state index contributed by atoms with van der Waals surface area (Å²) in [6.07, 6.45) is 2.98. The van der Waals surface area contributed by atoms with Gasteiger partial charge >= 0.3 is 0 Å². The number of carbonyl (C=O) groups is 1. The van der Waals surface area contributed by atoms with E-state index in [4.69, 9.17) is 0 Å². The predicted octanol–water partition coefficient (Wildman–Crippen LogP) is 2.29. The van der Waals surface area contributed by atoms with Crippen LogP contribution in [0.15, 0.2) is 24.3 Å². The molecular formula is C20H33Cl2FN4O. The second-order valence-corrected chi connectivity index (χ2v) is 7.44. The van der Waals surface area contributed by atoms with Gasteiger partial charge in [-0.1, -0.05) is 12.1 Å². The topological polar surface area (TPSA) is 47.6 Å². The molecule has 1 amide bonds. The molecule has 0 bridgehead atoms. The minimum atomic E-state index is -0.196. The summed E-state index contributed by atoms with van der Waals surface area (Å²) in [5.74, 6) is 0.0315. The van der Waals surface area contributed by atoms with Crippen molar-refractivity contribution >= 4 is 30.7 Å². The van der Waals surface area contributed by atoms with Crippen LogP contribution in [0.1, 0.15) is 24.8 Å². The smallest absolute Gasteiger partial charge is 0.224 e. The van der Waals surface area contributed by atoms with Crippen LogP contribution < -0.4 is 10.6 Å². The third-order valence-electron chi connectivity index (χ3n) is 5.33. The number of carbonyl (C=O) groups excluding carboxylic acids is 1. The van der Waals surface area contributed by atoms with E-state index in [1.54, 1.807) is 12.1 Å². The van der Waals surface area contributed by atoms with Crippen molar-refractivity contribution in [2.75, 3.05) is 52.4 Å². The maximum atomic E-state index is 13.3. The molecule has 1 atom stereocenters. The minimum absolute atomic E-state index is 0. The van der Waals surface area contributed by atoms with Gasteiger partial charge in [-0.25, -0.2) is 4.39 Å². The quantitative estimate of drug-likeness (QED) is 0.646. The molecule has 2 aliphatic heterocycles. The molecule has 5 nitrogen and oxygen atoms in total. The highest BCUT2D eigenvalue weighted by molar-refractivity contribution is 5.85. The number of nitrogens with zero attached hydrogens (tertiary/aromatic N) is 2. The van der Waals surface area contributed by atoms with Crippen LogP contribution in [0.2, 0.25) is 0 Å². The average molecular weight is 435 g/mol. The van der Waals surface area contributed by atoms with Crippen LogP contribution in [-0.2, 0) is 11.3 Å². The number of hydrogen-bond donors (Lipinski definition) is 2. The zero-order valence-corrected chi connectivity index (χ0v) is 18.0. The molecule has 0 aromatic heterocycles. The van der Waals surface area contributed by atoms with Crippen LogP contribution in [0.4, 0.5) is 4.39 Å². The summed E-state index contributed by atoms with van der Waals surface area (Å²) in [5, 5.41) is 6.47. The summed E-state index contributed by atoms with van der Waals surface area (Å²) < 4.78 is 13.3. The van der Waals surface area contributed by atoms with Crippen molar-refractivity contribution in [1.82, 2.24) is 20.4 Å². The third-order valence-corrected chi connectivity index (χ3v) is 5.33. The van der Waals surface area contributed by atoms with Crippen LogP contribution in [0.5, 0.6) is 0 Å². The summed E-state index contributed by atoms with van der Waals surface area (Å²) in [5.41, 5.74) is 0.974. The summed E-state index contributed by atoms with van der Waals surface area (Å²) in [6.45, 7) is 8.60. The fourth-order valence-corrected chi connectivity index (χ4v) is 3.90. The lowest BCUT2D eigenvalue weighted by molar-refractivity contribution is -0.126. The van der Waals surface area contributed by atoms with Crippen molar-refractivity contribution < 1.29 is 9.18 Å². The summed E-state index contributed by atoms with van der Waals surface area (Å²) in [7, 11) is 0. The monoisotopic (exact) mass is 434 g/mol. The molecule has 0 saturated carbocycles. The molecule has 160 valence electrons. The van der Waals surface area contributed by atoms with E-state index in [0.717, 1.165) is 77.2 Å². The Hall–Kier alpha value is -0.920. The molecular weight excluding hydrogens is 402 g/mol. The van der Waals surface area contributed by atoms with Crippen molar-refractivity contribution in [1.29, 1.82) is 0 Å². The minimum Gasteiger partial charge on any atom is -0.356 e. The van der Waals surface area contributed by atoms with Crippen molar-refractivity contribution in [3.63, 3.8) is 0 Å². The van der Waals surface area contributed by atoms with Crippen LogP contribution in [0, 0.1) is 11.7 Å². The lowest BCUT2D eigenvalue weighted by Crippen LogP contribution is -2.45. The Morgan fingerprint density at radius 3 is 2.71 bits per heavy atom. The maximum Gasteiger partial charge on any atom is 0.224 e. The molecule has 2 N–H and O–H groups in total. The highest BCUT2D eigenvalue weighted by Gasteiger charge is 2.25. The largest absolute Gasteiger partial charge is 0.356 e. The maximum absolute atomic E-state index is 13.3. The van der Waals surface area contributed by atoms with Gasteiger partial charge < -0.3 is 15.5 Å². The van der Waals surface area contributed by atoms with Gasteiger partial charge in [-0.05, 0) is 50.0 Å². The molecule has 2 fully saturated rings. The molecule has 0 radical (unpaired) electrons. The lowest BCUT2D eigenvalue weighted by atomic mass is 9.96. The van der Waals surface area contributed by atoms with E-state index in [1.165, 1.54) is 6.07 Å². The van der Waals surface area contributed by atoms with E-state index in [1.807, 2.05) is 6.07 Å². The first-order chi connectivity index (χ1) is 12.7. The second kappa shape index (κ2) is 13.3. The van der Waals surface area contributed by atoms with E-state index >= 15 is 0 Å². The molecule has 28 heavy (non-hydrogen) atoms. The molecule has 2 aliphatic rings. The van der Waals surface area contributed by atoms with Gasteiger partial charge in [0.1, 0.15) is 5.82 Å². The zero-order chi connectivity index (χ0) is 18.2. The van der Waals surface area contributed by atoms with Gasteiger partial charge in [-0.2, -0.15) is 0 Å². The predicted molar refractivity (Wildman–Crippen MR) is 116 cm³/mol. The number of halogens is 3. The van der Waals surface area contributed by atoms with E-state index in [-0.39, 0.29) is 42.5 Å². The summed E-state index contributed by atoms with van der Waals surface area (Å²) in [4.78, 5) is 17.2. The Kier molecular flexibility index (Phi) is 12.0. The average Bonchev–Trinajstić information content (AvgIpc) is 2.66. The number of rotatable bonds is 7. The number of piperazine rings is 1. The van der Waals surface area contributed by atoms with Gasteiger partial charge in [-0.3, -0.25) is 9.69 Å². The molecule has 1 aromatic rings. The van der Waals surface area contributed by atoms with E-state index < -0.39 is 0 Å². The van der Waals surface area contributed by atoms with Crippen molar-refractivity contribution in [2.24, 2.45) is 5.92 Å². The molecule has 2 heterocycles. The Morgan fingerprint density at radius 2 is 1.96 bits per heavy atom. The van der Waals surface area contributed by atoms with E-state index in [0.29, 0.717) is 6.54 Å². The van der Waals surface area contributed by atoms with E-state index in [9.17, 15) is 9.18 Å². The fraction of sp³-hybridized carbons (Fsp3) is 0.650. The van der Waals surface area contributed by atoms with Gasteiger partial charge in [-0.15, -0.1) is 24.8 Å². The molecule has 1 unspecified atom stereocenters. The first kappa shape index (κ1) is 25.1. The molecule has 3 rings (SSSR count). The number of amides is 1. The van der Waals surface area contributed by atoms with Gasteiger partial charge in [0.15, 0.2) is 0 Å². The Bertz CT molecular complexity index is 587. The van der Waals surface area contributed by atoms with Crippen molar-refractivity contribution in [3.8, 4) is 0 Å². The van der Waals surface area contributed by atoms with E-state index in [2.05, 4.69) is 20.4 Å². The lowest BCUT2D eigenvalue weighted by Gasteiger charge is -2.32. The normalized spacial score (nSPS) is 20.7. The second-order valence-electron chi connectivity index (χ2n) is 7.44. The molecule has 2 saturated heterocycles. The number of piperidine rings is 1. The van der Waals surface area contributed by atoms with Crippen LogP contribution >= 0.6 is 24.8 Å². The van der Waals surface area contributed by atoms with Gasteiger partial charge in [0.2, 0.25) is 5.91 Å². The number of benzene rings is 1. The highest BCUT2D eigenvalue weighted by atomic mass is 35.5. The van der Waals surface area contributed by atoms with Crippen LogP contribution in [0.3, 0.4) is 0 Å². The van der Waals surface area contributed by atoms with Crippen LogP contribution in [0.25, 0.3) is 0 Å². The summed E-state index contributed by atoms with van der Waals surface area (Å²) in [6, 6.07) is 6.75. The van der Waals surface area contributed by atoms with Gasteiger partial charge in [0.25, 0.3) is 0 Å². The fourth-order valence-electron chi connectivity index (χ4n) is 3.90. The van der Waals surface area contributed by atoms with Gasteiger partial charge in [0.05, 0.1) is 5.92 Å². The first-order valence-corrected chi connectivity index (χ1v) is 9.88. The van der Waals surface area contributed by atoms with Crippen LogP contribution in [-0.4, -0.2) is 68.1 Å². The number of likely N-dealkylation sites (tertiary alicyclic amines) is 1. The number of hydrogen-bond acceptors (Lipinski definition) is 4. The van der Waals surface area contributed by atoms with Gasteiger partial charge in [0, 0.05) is 45.8 Å². The molecule has 0 aliphatic carbocycles. The molecule has 1 aromatic carbocycles. The Morgan fingerprint density at radius 1 is 1.18 bits per heavy atom. The Labute approximate surface area is 180 Å². The first-order valence-electron chi connectivity index (χ1n) is 9.88. The molecule has 0 spiro atoms. The number of nitrogens with one attached hydrogen (secondary N) is 2. The standard InChI is InChI=1S/C20H31FN4O.2ClH/c21-19-6-1-4-17(14-19)15-25-10-2-5-18(16-25)20(26)23-7-3-11-24-12-8-22-9-13-24;;/h1,4,6,14,18,22H,2-3,5,7-13,15-16H2,(H,23,26);2*1H. The van der Waals surface area contributed by atoms with Crippen molar-refractivity contribution in [3.05, 3.63) is 35.6 Å². The highest BCUT2D eigenvalue weighted by Crippen LogP contribution is 2.19. The Balaban J connectivity index is 0.00000196. The molecule has 8 heteroatoms.